The molecule has 0 aliphatic carbocycles. The summed E-state index contributed by atoms with van der Waals surface area (Å²) in [4.78, 5) is 0. The average Bonchev–Trinajstić information content (AvgIpc) is 3.30. The second-order valence-electron chi connectivity index (χ2n) is 15.3. The van der Waals surface area contributed by atoms with Crippen LogP contribution < -0.4 is 42.4 Å². The van der Waals surface area contributed by atoms with Crippen molar-refractivity contribution < 1.29 is 21.1 Å². The van der Waals surface area contributed by atoms with Gasteiger partial charge in [-0.1, -0.05) is 241 Å². The maximum Gasteiger partial charge on any atom is 0 e. The zero-order valence-electron chi connectivity index (χ0n) is 35.7. The zero-order valence-corrected chi connectivity index (χ0v) is 41.6. The number of hydrogen-bond donors (Lipinski definition) is 0. The molecular weight excluding hydrogens is 992 g/mol. The Bertz CT molecular complexity index is 2090. The van der Waals surface area contributed by atoms with Gasteiger partial charge >= 0.3 is 0 Å². The van der Waals surface area contributed by atoms with Crippen molar-refractivity contribution >= 4 is 74.1 Å². The van der Waals surface area contributed by atoms with Gasteiger partial charge in [-0.2, -0.15) is 0 Å². The summed E-state index contributed by atoms with van der Waals surface area (Å²) in [5.74, 6) is 0. The largest absolute Gasteiger partial charge is 0.0622 e. The Morgan fingerprint density at radius 1 is 0.213 bits per heavy atom. The fourth-order valence-corrected chi connectivity index (χ4v) is 18.0. The van der Waals surface area contributed by atoms with Crippen LogP contribution in [0.1, 0.15) is 22.3 Å². The standard InChI is InChI=1S/2C28H28P2.Pt/c2*1-23-13-17-27(18-14-23)30(28-19-15-24(2)16-20-28)22-21-29(25-9-5-3-6-10-25)26-11-7-4-8-12-26;/h2*3-20H,21-22H2,1-2H3;. The maximum absolute atomic E-state index is 2.34. The van der Waals surface area contributed by atoms with Crippen molar-refractivity contribution in [3.8, 4) is 0 Å². The minimum absolute atomic E-state index is 0. The third-order valence-electron chi connectivity index (χ3n) is 10.7. The summed E-state index contributed by atoms with van der Waals surface area (Å²) >= 11 is 0. The van der Waals surface area contributed by atoms with Crippen LogP contribution in [-0.2, 0) is 21.1 Å². The summed E-state index contributed by atoms with van der Waals surface area (Å²) in [6.45, 7) is 8.67. The molecule has 0 spiro atoms. The molecule has 0 aliphatic heterocycles. The molecule has 0 saturated heterocycles. The van der Waals surface area contributed by atoms with Gasteiger partial charge in [0.25, 0.3) is 0 Å². The average molecular weight is 1050 g/mol. The monoisotopic (exact) mass is 1050 g/mol. The molecule has 0 amide bonds. The molecule has 0 bridgehead atoms. The Labute approximate surface area is 385 Å². The first-order valence-corrected chi connectivity index (χ1v) is 27.1. The van der Waals surface area contributed by atoms with E-state index < -0.39 is 0 Å². The van der Waals surface area contributed by atoms with E-state index in [0.717, 1.165) is 0 Å². The van der Waals surface area contributed by atoms with E-state index in [-0.39, 0.29) is 52.8 Å². The van der Waals surface area contributed by atoms with Crippen molar-refractivity contribution in [3.05, 3.63) is 241 Å². The van der Waals surface area contributed by atoms with Gasteiger partial charge in [-0.15, -0.1) is 0 Å². The molecule has 5 heteroatoms. The molecule has 8 aromatic rings. The van der Waals surface area contributed by atoms with Crippen LogP contribution in [0.2, 0.25) is 0 Å². The summed E-state index contributed by atoms with van der Waals surface area (Å²) in [7, 11) is -1.47. The van der Waals surface area contributed by atoms with Crippen molar-refractivity contribution in [2.75, 3.05) is 24.6 Å². The minimum atomic E-state index is -0.373. The molecule has 0 atom stereocenters. The van der Waals surface area contributed by atoms with E-state index >= 15 is 0 Å². The van der Waals surface area contributed by atoms with Crippen molar-refractivity contribution in [2.24, 2.45) is 0 Å². The first-order chi connectivity index (χ1) is 29.4. The van der Waals surface area contributed by atoms with Crippen molar-refractivity contribution in [3.63, 3.8) is 0 Å². The minimum Gasteiger partial charge on any atom is -0.0622 e. The van der Waals surface area contributed by atoms with Gasteiger partial charge in [0.05, 0.1) is 0 Å². The molecule has 0 N–H and O–H groups in total. The van der Waals surface area contributed by atoms with Crippen LogP contribution in [0.25, 0.3) is 0 Å². The second-order valence-corrected chi connectivity index (χ2v) is 24.6. The molecule has 0 heterocycles. The van der Waals surface area contributed by atoms with Crippen LogP contribution in [0.15, 0.2) is 218 Å². The van der Waals surface area contributed by atoms with E-state index in [2.05, 4.69) is 246 Å². The van der Waals surface area contributed by atoms with E-state index in [9.17, 15) is 0 Å². The number of rotatable bonds is 14. The fraction of sp³-hybridized carbons (Fsp3) is 0.143. The summed E-state index contributed by atoms with van der Waals surface area (Å²) in [5, 5.41) is 11.8. The smallest absolute Gasteiger partial charge is 0 e. The van der Waals surface area contributed by atoms with E-state index in [1.54, 1.807) is 0 Å². The van der Waals surface area contributed by atoms with Gasteiger partial charge in [0.1, 0.15) is 0 Å². The topological polar surface area (TPSA) is 0 Å². The number of hydrogen-bond acceptors (Lipinski definition) is 0. The summed E-state index contributed by atoms with van der Waals surface area (Å²) in [5.41, 5.74) is 5.31. The van der Waals surface area contributed by atoms with Crippen LogP contribution in [0.5, 0.6) is 0 Å². The summed E-state index contributed by atoms with van der Waals surface area (Å²) < 4.78 is 0. The second kappa shape index (κ2) is 24.1. The van der Waals surface area contributed by atoms with Crippen LogP contribution in [-0.4, -0.2) is 24.6 Å². The zero-order chi connectivity index (χ0) is 41.5. The molecule has 0 nitrogen and oxygen atoms in total. The van der Waals surface area contributed by atoms with E-state index in [4.69, 9.17) is 0 Å². The molecule has 0 radical (unpaired) electrons. The van der Waals surface area contributed by atoms with Gasteiger partial charge in [0.2, 0.25) is 0 Å². The molecule has 310 valence electrons. The molecule has 8 rings (SSSR count). The van der Waals surface area contributed by atoms with Gasteiger partial charge in [-0.25, -0.2) is 0 Å². The van der Waals surface area contributed by atoms with E-state index in [0.29, 0.717) is 0 Å². The first-order valence-electron chi connectivity index (χ1n) is 21.0. The Balaban J connectivity index is 0.000000201. The van der Waals surface area contributed by atoms with Gasteiger partial charge in [-0.3, -0.25) is 0 Å². The molecule has 0 unspecified atom stereocenters. The van der Waals surface area contributed by atoms with E-state index in [1.165, 1.54) is 89.3 Å². The SMILES string of the molecule is Cc1ccc(P(CCP(c2ccccc2)c2ccccc2)c2ccc(C)cc2)cc1.Cc1ccc(P(CCP(c2ccccc2)c2ccccc2)c2ccc(C)cc2)cc1.[Pt]. The predicted octanol–water partition coefficient (Wildman–Crippen LogP) is 11.7. The van der Waals surface area contributed by atoms with Gasteiger partial charge in [0.15, 0.2) is 0 Å². The molecule has 0 aliphatic rings. The van der Waals surface area contributed by atoms with Crippen molar-refractivity contribution in [1.82, 2.24) is 0 Å². The Kier molecular flexibility index (Phi) is 18.5. The number of aryl methyl sites for hydroxylation is 4. The van der Waals surface area contributed by atoms with Crippen LogP contribution >= 0.6 is 31.7 Å². The molecular formula is C56H56P4Pt. The van der Waals surface area contributed by atoms with Gasteiger partial charge in [-0.05, 0) is 126 Å². The quantitative estimate of drug-likeness (QED) is 0.0952. The third kappa shape index (κ3) is 13.6. The van der Waals surface area contributed by atoms with Crippen molar-refractivity contribution in [1.29, 1.82) is 0 Å². The predicted molar refractivity (Wildman–Crippen MR) is 275 cm³/mol. The molecule has 0 aromatic heterocycles. The summed E-state index contributed by atoms with van der Waals surface area (Å²) in [6.07, 6.45) is 4.82. The molecule has 0 saturated carbocycles. The first kappa shape index (κ1) is 46.7. The molecule has 0 fully saturated rings. The number of benzene rings is 8. The van der Waals surface area contributed by atoms with Crippen LogP contribution in [0.3, 0.4) is 0 Å². The molecule has 8 aromatic carbocycles. The van der Waals surface area contributed by atoms with Crippen LogP contribution in [0.4, 0.5) is 0 Å². The Morgan fingerprint density at radius 3 is 0.525 bits per heavy atom. The Morgan fingerprint density at radius 2 is 0.361 bits per heavy atom. The normalized spacial score (nSPS) is 11.0. The fourth-order valence-electron chi connectivity index (χ4n) is 7.36. The molecule has 61 heavy (non-hydrogen) atoms. The van der Waals surface area contributed by atoms with Gasteiger partial charge < -0.3 is 0 Å². The Hall–Kier alpha value is -3.83. The maximum atomic E-state index is 2.34. The van der Waals surface area contributed by atoms with Crippen molar-refractivity contribution in [2.45, 2.75) is 27.7 Å². The summed E-state index contributed by atoms with van der Waals surface area (Å²) in [6, 6.07) is 81.1. The van der Waals surface area contributed by atoms with Crippen LogP contribution in [0, 0.1) is 27.7 Å². The van der Waals surface area contributed by atoms with Gasteiger partial charge in [0, 0.05) is 21.1 Å². The third-order valence-corrected chi connectivity index (χ3v) is 21.5. The van der Waals surface area contributed by atoms with E-state index in [1.807, 2.05) is 0 Å².